The first-order valence-corrected chi connectivity index (χ1v) is 13.1. The molecule has 2 aliphatic rings. The maximum atomic E-state index is 13.3. The number of nitrogens with one attached hydrogen (secondary N) is 1. The number of para-hydroxylation sites is 1. The number of hydrogen-bond acceptors (Lipinski definition) is 10. The van der Waals surface area contributed by atoms with Crippen LogP contribution in [0, 0.1) is 0 Å². The summed E-state index contributed by atoms with van der Waals surface area (Å²) in [7, 11) is -2.16. The lowest BCUT2D eigenvalue weighted by Crippen LogP contribution is -2.55. The molecule has 1 aromatic carbocycles. The first-order valence-electron chi connectivity index (χ1n) is 11.6. The lowest BCUT2D eigenvalue weighted by atomic mass is 10.1. The van der Waals surface area contributed by atoms with E-state index in [1.54, 1.807) is 23.1 Å². The Balaban J connectivity index is 1.59. The Kier molecular flexibility index (Phi) is 7.02. The third kappa shape index (κ3) is 4.99. The van der Waals surface area contributed by atoms with Gasteiger partial charge in [-0.05, 0) is 12.1 Å². The highest BCUT2D eigenvalue weighted by atomic mass is 32.2. The molecule has 0 aliphatic carbocycles. The average molecular weight is 537 g/mol. The smallest absolute Gasteiger partial charge is 0.295 e. The van der Waals surface area contributed by atoms with Gasteiger partial charge in [0.1, 0.15) is 6.23 Å². The number of aromatic nitrogens is 5. The summed E-state index contributed by atoms with van der Waals surface area (Å²) in [6, 6.07) is 5.08. The van der Waals surface area contributed by atoms with Gasteiger partial charge in [0.15, 0.2) is 11.6 Å². The molecule has 0 radical (unpaired) electrons. The number of nitrogens with zero attached hydrogens (tertiary/aromatic N) is 7. The summed E-state index contributed by atoms with van der Waals surface area (Å²) in [5.74, 6) is 0.473. The molecule has 0 amide bonds. The van der Waals surface area contributed by atoms with Crippen molar-refractivity contribution in [2.75, 3.05) is 62.8 Å². The number of alkyl halides is 2. The van der Waals surface area contributed by atoms with Gasteiger partial charge in [-0.1, -0.05) is 12.6 Å². The molecule has 2 saturated heterocycles. The van der Waals surface area contributed by atoms with Crippen LogP contribution < -0.4 is 9.80 Å². The van der Waals surface area contributed by atoms with E-state index >= 15 is 0 Å². The van der Waals surface area contributed by atoms with Crippen molar-refractivity contribution in [2.45, 2.75) is 12.7 Å². The van der Waals surface area contributed by atoms with Gasteiger partial charge in [-0.25, -0.2) is 22.2 Å². The highest BCUT2D eigenvalue weighted by Crippen LogP contribution is 2.30. The van der Waals surface area contributed by atoms with E-state index in [0.717, 1.165) is 5.41 Å². The Morgan fingerprint density at radius 2 is 1.89 bits per heavy atom. The topological polar surface area (TPSA) is 130 Å². The zero-order chi connectivity index (χ0) is 26.2. The molecule has 2 aromatic heterocycles. The molecule has 12 nitrogen and oxygen atoms in total. The van der Waals surface area contributed by atoms with E-state index in [4.69, 9.17) is 9.47 Å². The number of morpholine rings is 1. The van der Waals surface area contributed by atoms with E-state index in [1.165, 1.54) is 11.4 Å². The fourth-order valence-electron chi connectivity index (χ4n) is 4.34. The third-order valence-electron chi connectivity index (χ3n) is 6.28. The Morgan fingerprint density at radius 3 is 2.59 bits per heavy atom. The fraction of sp³-hybridized carbons (Fsp3) is 0.455. The van der Waals surface area contributed by atoms with Crippen molar-refractivity contribution in [3.8, 4) is 11.4 Å². The number of rotatable bonds is 7. The van der Waals surface area contributed by atoms with Crippen LogP contribution in [0.3, 0.4) is 0 Å². The van der Waals surface area contributed by atoms with Gasteiger partial charge in [-0.15, -0.1) is 0 Å². The largest absolute Gasteiger partial charge is 0.378 e. The van der Waals surface area contributed by atoms with Crippen molar-refractivity contribution in [3.63, 3.8) is 0 Å². The minimum absolute atomic E-state index is 0.0471. The van der Waals surface area contributed by atoms with Crippen LogP contribution in [-0.2, 0) is 19.5 Å². The quantitative estimate of drug-likeness (QED) is 0.477. The summed E-state index contributed by atoms with van der Waals surface area (Å²) >= 11 is 0. The summed E-state index contributed by atoms with van der Waals surface area (Å²) in [4.78, 5) is 24.5. The van der Waals surface area contributed by atoms with E-state index in [-0.39, 0.29) is 31.4 Å². The fourth-order valence-corrected chi connectivity index (χ4v) is 5.22. The standard InChI is InChI=1S/C22H26F2N8O4S/c1-3-37(33,34)31-7-8-32(16(13-31)35-2)22-28-19(27-21(29-22)30-9-11-36-12-10-30)14-5-4-6-15-17(14)26-20(25-15)18(23)24/h3-6,16,18H,1,7-13H2,2H3,(H,25,26). The molecule has 1 N–H and O–H groups in total. The van der Waals surface area contributed by atoms with Gasteiger partial charge in [0.2, 0.25) is 21.9 Å². The number of aromatic amines is 1. The number of ether oxygens (including phenoxy) is 2. The van der Waals surface area contributed by atoms with E-state index in [1.807, 2.05) is 4.90 Å². The van der Waals surface area contributed by atoms with Crippen molar-refractivity contribution in [3.05, 3.63) is 36.0 Å². The van der Waals surface area contributed by atoms with E-state index in [2.05, 4.69) is 31.5 Å². The van der Waals surface area contributed by atoms with E-state index < -0.39 is 28.5 Å². The van der Waals surface area contributed by atoms with Crippen LogP contribution >= 0.6 is 0 Å². The molecule has 198 valence electrons. The molecule has 2 aliphatic heterocycles. The number of fused-ring (bicyclic) bond motifs is 1. The van der Waals surface area contributed by atoms with Crippen LogP contribution in [0.4, 0.5) is 20.7 Å². The van der Waals surface area contributed by atoms with Gasteiger partial charge in [0.25, 0.3) is 6.43 Å². The summed E-state index contributed by atoms with van der Waals surface area (Å²) < 4.78 is 63.7. The van der Waals surface area contributed by atoms with Crippen LogP contribution in [0.5, 0.6) is 0 Å². The SMILES string of the molecule is C=CS(=O)(=O)N1CCN(c2nc(-c3cccc4[nH]c(C(F)F)nc34)nc(N3CCOCC3)n2)C(OC)C1. The predicted octanol–water partition coefficient (Wildman–Crippen LogP) is 1.76. The minimum Gasteiger partial charge on any atom is -0.378 e. The molecule has 2 fully saturated rings. The lowest BCUT2D eigenvalue weighted by Gasteiger charge is -2.39. The molecule has 1 atom stereocenters. The van der Waals surface area contributed by atoms with Crippen LogP contribution in [0.15, 0.2) is 30.2 Å². The Labute approximate surface area is 212 Å². The maximum Gasteiger partial charge on any atom is 0.295 e. The van der Waals surface area contributed by atoms with Gasteiger partial charge in [-0.3, -0.25) is 0 Å². The number of sulfonamides is 1. The number of anilines is 2. The zero-order valence-electron chi connectivity index (χ0n) is 20.0. The van der Waals surface area contributed by atoms with E-state index in [0.29, 0.717) is 48.8 Å². The summed E-state index contributed by atoms with van der Waals surface area (Å²) in [5, 5.41) is 0.908. The first kappa shape index (κ1) is 25.4. The number of methoxy groups -OCH3 is 1. The van der Waals surface area contributed by atoms with Crippen molar-refractivity contribution >= 4 is 33.0 Å². The Hall–Kier alpha value is -3.27. The number of halogens is 2. The summed E-state index contributed by atoms with van der Waals surface area (Å²) in [6.07, 6.45) is -3.44. The van der Waals surface area contributed by atoms with Crippen LogP contribution in [-0.4, -0.2) is 96.9 Å². The summed E-state index contributed by atoms with van der Waals surface area (Å²) in [5.41, 5.74) is 1.20. The van der Waals surface area contributed by atoms with Crippen molar-refractivity contribution in [2.24, 2.45) is 0 Å². The number of H-pyrrole nitrogens is 1. The monoisotopic (exact) mass is 536 g/mol. The molecule has 3 aromatic rings. The molecule has 0 spiro atoms. The molecular weight excluding hydrogens is 510 g/mol. The highest BCUT2D eigenvalue weighted by Gasteiger charge is 2.34. The molecule has 5 rings (SSSR count). The number of piperazine rings is 1. The Morgan fingerprint density at radius 1 is 1.14 bits per heavy atom. The maximum absolute atomic E-state index is 13.3. The molecule has 4 heterocycles. The van der Waals surface area contributed by atoms with Crippen molar-refractivity contribution in [1.29, 1.82) is 0 Å². The molecule has 1 unspecified atom stereocenters. The predicted molar refractivity (Wildman–Crippen MR) is 132 cm³/mol. The van der Waals surface area contributed by atoms with Gasteiger partial charge in [0.05, 0.1) is 30.8 Å². The second kappa shape index (κ2) is 10.2. The second-order valence-electron chi connectivity index (χ2n) is 8.44. The van der Waals surface area contributed by atoms with Crippen LogP contribution in [0.25, 0.3) is 22.4 Å². The molecule has 37 heavy (non-hydrogen) atoms. The van der Waals surface area contributed by atoms with Crippen LogP contribution in [0.2, 0.25) is 0 Å². The van der Waals surface area contributed by atoms with Crippen molar-refractivity contribution in [1.82, 2.24) is 29.2 Å². The van der Waals surface area contributed by atoms with E-state index in [9.17, 15) is 17.2 Å². The minimum atomic E-state index is -3.63. The Bertz CT molecular complexity index is 1400. The summed E-state index contributed by atoms with van der Waals surface area (Å²) in [6.45, 7) is 5.99. The lowest BCUT2D eigenvalue weighted by molar-refractivity contribution is 0.0646. The second-order valence-corrected chi connectivity index (χ2v) is 10.3. The number of hydrogen-bond donors (Lipinski definition) is 1. The first-order chi connectivity index (χ1) is 17.8. The number of benzene rings is 1. The molecule has 0 bridgehead atoms. The highest BCUT2D eigenvalue weighted by molar-refractivity contribution is 7.92. The van der Waals surface area contributed by atoms with Gasteiger partial charge < -0.3 is 24.3 Å². The van der Waals surface area contributed by atoms with Gasteiger partial charge >= 0.3 is 0 Å². The van der Waals surface area contributed by atoms with Crippen LogP contribution in [0.1, 0.15) is 12.2 Å². The molecule has 15 heteroatoms. The third-order valence-corrected chi connectivity index (χ3v) is 7.75. The average Bonchev–Trinajstić information content (AvgIpc) is 3.38. The normalized spacial score (nSPS) is 19.6. The van der Waals surface area contributed by atoms with Crippen molar-refractivity contribution < 1.29 is 26.7 Å². The zero-order valence-corrected chi connectivity index (χ0v) is 20.9. The molecule has 0 saturated carbocycles. The number of imidazole rings is 1. The van der Waals surface area contributed by atoms with Gasteiger partial charge in [0, 0.05) is 44.3 Å². The van der Waals surface area contributed by atoms with Gasteiger partial charge in [-0.2, -0.15) is 19.3 Å². The molecular formula is C22H26F2N8O4S.